The highest BCUT2D eigenvalue weighted by Crippen LogP contribution is 2.36. The highest BCUT2D eigenvalue weighted by Gasteiger charge is 2.13. The molecule has 0 aliphatic heterocycles. The van der Waals surface area contributed by atoms with Gasteiger partial charge >= 0.3 is 0 Å². The zero-order valence-electron chi connectivity index (χ0n) is 9.97. The molecular weight excluding hydrogens is 250 g/mol. The van der Waals surface area contributed by atoms with Crippen molar-refractivity contribution in [3.8, 4) is 5.75 Å². The molecule has 0 amide bonds. The van der Waals surface area contributed by atoms with Crippen LogP contribution in [0.1, 0.15) is 5.56 Å². The van der Waals surface area contributed by atoms with Gasteiger partial charge in [-0.25, -0.2) is 0 Å². The molecule has 3 nitrogen and oxygen atoms in total. The fourth-order valence-electron chi connectivity index (χ4n) is 2.20. The lowest BCUT2D eigenvalue weighted by atomic mass is 10.1. The van der Waals surface area contributed by atoms with Crippen LogP contribution in [0.2, 0.25) is 0 Å². The summed E-state index contributed by atoms with van der Waals surface area (Å²) >= 11 is 0. The van der Waals surface area contributed by atoms with E-state index in [1.165, 1.54) is 0 Å². The molecule has 0 bridgehead atoms. The van der Waals surface area contributed by atoms with Crippen molar-refractivity contribution in [2.45, 2.75) is 6.54 Å². The van der Waals surface area contributed by atoms with Crippen LogP contribution >= 0.6 is 12.4 Å². The van der Waals surface area contributed by atoms with E-state index in [-0.39, 0.29) is 12.4 Å². The molecule has 94 valence electrons. The molecule has 18 heavy (non-hydrogen) atoms. The SMILES string of the molecule is COc1ccc(CN)c2c1oc1ccccc12.Cl. The first-order valence-electron chi connectivity index (χ1n) is 5.52. The van der Waals surface area contributed by atoms with Gasteiger partial charge in [-0.1, -0.05) is 24.3 Å². The molecule has 0 saturated carbocycles. The Balaban J connectivity index is 0.00000120. The maximum absolute atomic E-state index is 5.84. The lowest BCUT2D eigenvalue weighted by Gasteiger charge is -2.03. The van der Waals surface area contributed by atoms with Gasteiger partial charge in [0.2, 0.25) is 0 Å². The van der Waals surface area contributed by atoms with Crippen LogP contribution in [0.15, 0.2) is 40.8 Å². The predicted molar refractivity (Wildman–Crippen MR) is 75.4 cm³/mol. The van der Waals surface area contributed by atoms with E-state index in [1.807, 2.05) is 36.4 Å². The van der Waals surface area contributed by atoms with Crippen molar-refractivity contribution in [3.63, 3.8) is 0 Å². The minimum absolute atomic E-state index is 0. The van der Waals surface area contributed by atoms with Crippen molar-refractivity contribution >= 4 is 34.3 Å². The van der Waals surface area contributed by atoms with Gasteiger partial charge in [-0.3, -0.25) is 0 Å². The number of hydrogen-bond donors (Lipinski definition) is 1. The maximum Gasteiger partial charge on any atom is 0.177 e. The largest absolute Gasteiger partial charge is 0.493 e. The lowest BCUT2D eigenvalue weighted by Crippen LogP contribution is -1.97. The Morgan fingerprint density at radius 3 is 2.67 bits per heavy atom. The summed E-state index contributed by atoms with van der Waals surface area (Å²) < 4.78 is 11.2. The molecule has 0 fully saturated rings. The molecule has 0 unspecified atom stereocenters. The van der Waals surface area contributed by atoms with Gasteiger partial charge in [-0.2, -0.15) is 0 Å². The Morgan fingerprint density at radius 2 is 1.94 bits per heavy atom. The van der Waals surface area contributed by atoms with Gasteiger partial charge in [-0.15, -0.1) is 12.4 Å². The Labute approximate surface area is 111 Å². The smallest absolute Gasteiger partial charge is 0.177 e. The first kappa shape index (κ1) is 12.7. The average Bonchev–Trinajstić information content (AvgIpc) is 2.77. The van der Waals surface area contributed by atoms with Gasteiger partial charge in [-0.05, 0) is 17.7 Å². The van der Waals surface area contributed by atoms with Crippen molar-refractivity contribution in [1.82, 2.24) is 0 Å². The van der Waals surface area contributed by atoms with Gasteiger partial charge in [0.25, 0.3) is 0 Å². The fraction of sp³-hybridized carbons (Fsp3) is 0.143. The maximum atomic E-state index is 5.84. The molecule has 0 atom stereocenters. The Bertz CT molecular complexity index is 691. The number of nitrogens with two attached hydrogens (primary N) is 1. The predicted octanol–water partition coefficient (Wildman–Crippen LogP) is 3.48. The van der Waals surface area contributed by atoms with E-state index in [0.29, 0.717) is 6.54 Å². The summed E-state index contributed by atoms with van der Waals surface area (Å²) in [6, 6.07) is 11.8. The summed E-state index contributed by atoms with van der Waals surface area (Å²) in [6.45, 7) is 0.490. The number of fused-ring (bicyclic) bond motifs is 3. The van der Waals surface area contributed by atoms with E-state index in [9.17, 15) is 0 Å². The zero-order valence-corrected chi connectivity index (χ0v) is 10.8. The number of hydrogen-bond acceptors (Lipinski definition) is 3. The van der Waals surface area contributed by atoms with Crippen molar-refractivity contribution < 1.29 is 9.15 Å². The van der Waals surface area contributed by atoms with E-state index in [2.05, 4.69) is 0 Å². The Hall–Kier alpha value is -1.71. The van der Waals surface area contributed by atoms with Gasteiger partial charge in [0.05, 0.1) is 7.11 Å². The monoisotopic (exact) mass is 263 g/mol. The van der Waals surface area contributed by atoms with Crippen molar-refractivity contribution in [1.29, 1.82) is 0 Å². The number of ether oxygens (including phenoxy) is 1. The zero-order chi connectivity index (χ0) is 11.8. The minimum Gasteiger partial charge on any atom is -0.493 e. The third kappa shape index (κ3) is 1.72. The van der Waals surface area contributed by atoms with Crippen molar-refractivity contribution in [2.24, 2.45) is 5.73 Å². The van der Waals surface area contributed by atoms with E-state index in [0.717, 1.165) is 33.3 Å². The molecule has 0 spiro atoms. The molecule has 0 saturated heterocycles. The van der Waals surface area contributed by atoms with Crippen molar-refractivity contribution in [2.75, 3.05) is 7.11 Å². The third-order valence-corrected chi connectivity index (χ3v) is 3.02. The van der Waals surface area contributed by atoms with Gasteiger partial charge in [0.1, 0.15) is 5.58 Å². The Kier molecular flexibility index (Phi) is 3.45. The first-order valence-corrected chi connectivity index (χ1v) is 5.52. The van der Waals surface area contributed by atoms with E-state index in [4.69, 9.17) is 14.9 Å². The third-order valence-electron chi connectivity index (χ3n) is 3.02. The van der Waals surface area contributed by atoms with Crippen LogP contribution in [-0.2, 0) is 6.54 Å². The van der Waals surface area contributed by atoms with Crippen LogP contribution in [0, 0.1) is 0 Å². The molecule has 0 aliphatic carbocycles. The quantitative estimate of drug-likeness (QED) is 0.770. The molecule has 1 aromatic heterocycles. The summed E-state index contributed by atoms with van der Waals surface area (Å²) in [5, 5.41) is 2.14. The Morgan fingerprint density at radius 1 is 1.17 bits per heavy atom. The number of benzene rings is 2. The van der Waals surface area contributed by atoms with Crippen LogP contribution in [0.5, 0.6) is 5.75 Å². The normalized spacial score (nSPS) is 10.6. The second-order valence-corrected chi connectivity index (χ2v) is 3.93. The molecule has 2 N–H and O–H groups in total. The van der Waals surface area contributed by atoms with Gasteiger partial charge < -0.3 is 14.9 Å². The van der Waals surface area contributed by atoms with Crippen LogP contribution in [0.3, 0.4) is 0 Å². The lowest BCUT2D eigenvalue weighted by molar-refractivity contribution is 0.412. The van der Waals surface area contributed by atoms with E-state index in [1.54, 1.807) is 7.11 Å². The molecule has 3 rings (SSSR count). The standard InChI is InChI=1S/C14H13NO2.ClH/c1-16-12-7-6-9(8-15)13-10-4-2-3-5-11(10)17-14(12)13;/h2-7H,8,15H2,1H3;1H. The van der Waals surface area contributed by atoms with Gasteiger partial charge in [0.15, 0.2) is 11.3 Å². The summed E-state index contributed by atoms with van der Waals surface area (Å²) in [5.74, 6) is 0.744. The minimum atomic E-state index is 0. The number of halogens is 1. The van der Waals surface area contributed by atoms with Crippen LogP contribution in [-0.4, -0.2) is 7.11 Å². The number of methoxy groups -OCH3 is 1. The highest BCUT2D eigenvalue weighted by molar-refractivity contribution is 6.08. The highest BCUT2D eigenvalue weighted by atomic mass is 35.5. The number of rotatable bonds is 2. The topological polar surface area (TPSA) is 48.4 Å². The van der Waals surface area contributed by atoms with Crippen LogP contribution in [0.25, 0.3) is 21.9 Å². The second kappa shape index (κ2) is 4.88. The average molecular weight is 264 g/mol. The summed E-state index contributed by atoms with van der Waals surface area (Å²) in [4.78, 5) is 0. The van der Waals surface area contributed by atoms with E-state index < -0.39 is 0 Å². The molecule has 3 aromatic rings. The summed E-state index contributed by atoms with van der Waals surface area (Å²) in [7, 11) is 1.64. The molecule has 4 heteroatoms. The second-order valence-electron chi connectivity index (χ2n) is 3.93. The number of para-hydroxylation sites is 1. The summed E-state index contributed by atoms with van der Waals surface area (Å²) in [6.07, 6.45) is 0. The molecule has 1 heterocycles. The van der Waals surface area contributed by atoms with Crippen LogP contribution < -0.4 is 10.5 Å². The van der Waals surface area contributed by atoms with Crippen molar-refractivity contribution in [3.05, 3.63) is 42.0 Å². The fourth-order valence-corrected chi connectivity index (χ4v) is 2.20. The van der Waals surface area contributed by atoms with Crippen LogP contribution in [0.4, 0.5) is 0 Å². The number of furan rings is 1. The van der Waals surface area contributed by atoms with E-state index >= 15 is 0 Å². The summed E-state index contributed by atoms with van der Waals surface area (Å²) in [5.41, 5.74) is 8.49. The molecule has 0 radical (unpaired) electrons. The molecule has 2 aromatic carbocycles. The first-order chi connectivity index (χ1) is 8.35. The molecule has 0 aliphatic rings. The van der Waals surface area contributed by atoms with Gasteiger partial charge in [0, 0.05) is 17.3 Å². The molecular formula is C14H14ClNO2.